The first kappa shape index (κ1) is 18.5. The lowest BCUT2D eigenvalue weighted by Gasteiger charge is -2.23. The van der Waals surface area contributed by atoms with Gasteiger partial charge in [-0.15, -0.1) is 0 Å². The Hall–Kier alpha value is -2.87. The normalized spacial score (nSPS) is 12.4. The van der Waals surface area contributed by atoms with Gasteiger partial charge in [-0.3, -0.25) is 14.4 Å². The molecule has 0 radical (unpaired) electrons. The van der Waals surface area contributed by atoms with Crippen LogP contribution in [0.1, 0.15) is 19.4 Å². The smallest absolute Gasteiger partial charge is 0.244 e. The second-order valence-electron chi connectivity index (χ2n) is 6.35. The first-order valence-corrected chi connectivity index (χ1v) is 7.92. The van der Waals surface area contributed by atoms with Crippen molar-refractivity contribution in [2.75, 3.05) is 6.67 Å². The van der Waals surface area contributed by atoms with Crippen LogP contribution in [-0.2, 0) is 20.8 Å². The first-order chi connectivity index (χ1) is 11.8. The number of amides is 3. The predicted octanol–water partition coefficient (Wildman–Crippen LogP) is -0.248. The van der Waals surface area contributed by atoms with Gasteiger partial charge in [0.2, 0.25) is 18.2 Å². The van der Waals surface area contributed by atoms with Crippen molar-refractivity contribution in [3.8, 4) is 0 Å². The number of nitrogens with one attached hydrogen (secondary N) is 4. The molecule has 6 N–H and O–H groups in total. The van der Waals surface area contributed by atoms with Crippen LogP contribution in [0.4, 0.5) is 0 Å². The monoisotopic (exact) mass is 345 g/mol. The highest BCUT2D eigenvalue weighted by Gasteiger charge is 2.28. The minimum Gasteiger partial charge on any atom is -0.361 e. The van der Waals surface area contributed by atoms with Crippen LogP contribution in [0.15, 0.2) is 30.5 Å². The molecule has 0 spiro atoms. The molecular formula is C17H23N5O3. The van der Waals surface area contributed by atoms with E-state index in [2.05, 4.69) is 20.9 Å². The molecule has 0 aliphatic rings. The van der Waals surface area contributed by atoms with E-state index < -0.39 is 23.4 Å². The van der Waals surface area contributed by atoms with Gasteiger partial charge in [0.05, 0.1) is 12.2 Å². The Morgan fingerprint density at radius 1 is 1.32 bits per heavy atom. The fourth-order valence-corrected chi connectivity index (χ4v) is 2.38. The largest absolute Gasteiger partial charge is 0.361 e. The first-order valence-electron chi connectivity index (χ1n) is 7.92. The minimum absolute atomic E-state index is 0.0192. The number of H-pyrrole nitrogens is 1. The van der Waals surface area contributed by atoms with Crippen molar-refractivity contribution in [1.29, 1.82) is 0 Å². The molecule has 0 bridgehead atoms. The maximum atomic E-state index is 12.4. The fraction of sp³-hybridized carbons (Fsp3) is 0.353. The van der Waals surface area contributed by atoms with E-state index in [1.165, 1.54) is 0 Å². The van der Waals surface area contributed by atoms with Gasteiger partial charge in [-0.2, -0.15) is 0 Å². The molecule has 1 aromatic heterocycles. The Bertz CT molecular complexity index is 763. The van der Waals surface area contributed by atoms with E-state index in [1.807, 2.05) is 30.5 Å². The number of carbonyl (C=O) groups is 3. The molecule has 0 fully saturated rings. The van der Waals surface area contributed by atoms with E-state index in [1.54, 1.807) is 13.8 Å². The molecule has 0 unspecified atom stereocenters. The summed E-state index contributed by atoms with van der Waals surface area (Å²) in [5.41, 5.74) is 6.54. The third kappa shape index (κ3) is 4.80. The van der Waals surface area contributed by atoms with Crippen LogP contribution in [0.3, 0.4) is 0 Å². The van der Waals surface area contributed by atoms with Gasteiger partial charge in [-0.1, -0.05) is 18.2 Å². The van der Waals surface area contributed by atoms with E-state index in [0.29, 0.717) is 12.8 Å². The maximum absolute atomic E-state index is 12.4. The molecule has 0 saturated heterocycles. The molecular weight excluding hydrogens is 322 g/mol. The van der Waals surface area contributed by atoms with Crippen molar-refractivity contribution in [2.45, 2.75) is 31.8 Å². The third-order valence-corrected chi connectivity index (χ3v) is 3.75. The van der Waals surface area contributed by atoms with Crippen LogP contribution in [-0.4, -0.2) is 41.5 Å². The van der Waals surface area contributed by atoms with Gasteiger partial charge in [0.15, 0.2) is 0 Å². The topological polar surface area (TPSA) is 129 Å². The summed E-state index contributed by atoms with van der Waals surface area (Å²) in [6.07, 6.45) is 2.59. The molecule has 2 aromatic rings. The van der Waals surface area contributed by atoms with Crippen LogP contribution >= 0.6 is 0 Å². The molecule has 8 heteroatoms. The van der Waals surface area contributed by atoms with Crippen molar-refractivity contribution in [3.05, 3.63) is 36.0 Å². The summed E-state index contributed by atoms with van der Waals surface area (Å²) in [4.78, 5) is 38.1. The molecule has 134 valence electrons. The Morgan fingerprint density at radius 3 is 2.72 bits per heavy atom. The van der Waals surface area contributed by atoms with Crippen LogP contribution in [0.5, 0.6) is 0 Å². The van der Waals surface area contributed by atoms with E-state index in [0.717, 1.165) is 16.5 Å². The Labute approximate surface area is 145 Å². The Kier molecular flexibility index (Phi) is 5.76. The molecule has 1 aromatic carbocycles. The van der Waals surface area contributed by atoms with Crippen LogP contribution in [0.2, 0.25) is 0 Å². The van der Waals surface area contributed by atoms with Crippen LogP contribution < -0.4 is 21.7 Å². The standard InChI is InChI=1S/C17H23N5O3/c1-17(2,18)16(25)22-14(15(24)21-9-19-10-23)7-11-8-20-13-6-4-3-5-12(11)13/h3-6,8,10,14,20H,7,9,18H2,1-2H3,(H,19,23)(H,21,24)(H,22,25)/t14-/m1/s1. The number of nitrogens with two attached hydrogens (primary N) is 1. The SMILES string of the molecule is CC(C)(N)C(=O)N[C@H](Cc1c[nH]c2ccccc12)C(=O)NCNC=O. The highest BCUT2D eigenvalue weighted by atomic mass is 16.2. The molecule has 8 nitrogen and oxygen atoms in total. The lowest BCUT2D eigenvalue weighted by Crippen LogP contribution is -2.57. The van der Waals surface area contributed by atoms with Crippen molar-refractivity contribution in [3.63, 3.8) is 0 Å². The second-order valence-corrected chi connectivity index (χ2v) is 6.35. The molecule has 25 heavy (non-hydrogen) atoms. The van der Waals surface area contributed by atoms with Gasteiger partial charge in [0, 0.05) is 23.5 Å². The quantitative estimate of drug-likeness (QED) is 0.257. The Morgan fingerprint density at radius 2 is 2.04 bits per heavy atom. The number of benzene rings is 1. The van der Waals surface area contributed by atoms with Gasteiger partial charge in [0.1, 0.15) is 6.04 Å². The van der Waals surface area contributed by atoms with Gasteiger partial charge >= 0.3 is 0 Å². The summed E-state index contributed by atoms with van der Waals surface area (Å²) in [5, 5.41) is 8.56. The molecule has 0 aliphatic carbocycles. The number of hydrogen-bond donors (Lipinski definition) is 5. The number of rotatable bonds is 8. The zero-order chi connectivity index (χ0) is 18.4. The summed E-state index contributed by atoms with van der Waals surface area (Å²) in [7, 11) is 0. The maximum Gasteiger partial charge on any atom is 0.244 e. The molecule has 1 heterocycles. The summed E-state index contributed by atoms with van der Waals surface area (Å²) in [6.45, 7) is 3.11. The van der Waals surface area contributed by atoms with E-state index in [4.69, 9.17) is 5.73 Å². The van der Waals surface area contributed by atoms with Crippen LogP contribution in [0.25, 0.3) is 10.9 Å². The lowest BCUT2D eigenvalue weighted by molar-refractivity contribution is -0.131. The van der Waals surface area contributed by atoms with Crippen molar-refractivity contribution < 1.29 is 14.4 Å². The van der Waals surface area contributed by atoms with Crippen molar-refractivity contribution in [1.82, 2.24) is 20.9 Å². The van der Waals surface area contributed by atoms with Gasteiger partial charge < -0.3 is 26.7 Å². The van der Waals surface area contributed by atoms with Crippen molar-refractivity contribution in [2.24, 2.45) is 5.73 Å². The minimum atomic E-state index is -1.11. The molecule has 0 saturated carbocycles. The van der Waals surface area contributed by atoms with Gasteiger partial charge in [0.25, 0.3) is 0 Å². The Balaban J connectivity index is 2.19. The average Bonchev–Trinajstić information content (AvgIpc) is 2.96. The fourth-order valence-electron chi connectivity index (χ4n) is 2.38. The van der Waals surface area contributed by atoms with E-state index in [9.17, 15) is 14.4 Å². The number of aromatic amines is 1. The highest BCUT2D eigenvalue weighted by molar-refractivity contribution is 5.92. The predicted molar refractivity (Wildman–Crippen MR) is 94.4 cm³/mol. The number of carbonyl (C=O) groups excluding carboxylic acids is 3. The zero-order valence-corrected chi connectivity index (χ0v) is 14.3. The molecule has 0 aliphatic heterocycles. The molecule has 2 rings (SSSR count). The van der Waals surface area contributed by atoms with Gasteiger partial charge in [-0.25, -0.2) is 0 Å². The van der Waals surface area contributed by atoms with Gasteiger partial charge in [-0.05, 0) is 25.5 Å². The molecule has 3 amide bonds. The summed E-state index contributed by atoms with van der Waals surface area (Å²) in [5.74, 6) is -0.840. The summed E-state index contributed by atoms with van der Waals surface area (Å²) >= 11 is 0. The molecule has 1 atom stereocenters. The number of hydrogen-bond acceptors (Lipinski definition) is 4. The second kappa shape index (κ2) is 7.80. The zero-order valence-electron chi connectivity index (χ0n) is 14.3. The third-order valence-electron chi connectivity index (χ3n) is 3.75. The van der Waals surface area contributed by atoms with Crippen molar-refractivity contribution >= 4 is 29.1 Å². The average molecular weight is 345 g/mol. The summed E-state index contributed by atoms with van der Waals surface area (Å²) < 4.78 is 0. The number of fused-ring (bicyclic) bond motifs is 1. The summed E-state index contributed by atoms with van der Waals surface area (Å²) in [6, 6.07) is 6.88. The highest BCUT2D eigenvalue weighted by Crippen LogP contribution is 2.19. The number of para-hydroxylation sites is 1. The lowest BCUT2D eigenvalue weighted by atomic mass is 10.0. The van der Waals surface area contributed by atoms with Crippen LogP contribution in [0, 0.1) is 0 Å². The number of aromatic nitrogens is 1. The van der Waals surface area contributed by atoms with E-state index in [-0.39, 0.29) is 6.67 Å². The van der Waals surface area contributed by atoms with E-state index >= 15 is 0 Å².